The van der Waals surface area contributed by atoms with E-state index in [-0.39, 0.29) is 6.10 Å². The van der Waals surface area contributed by atoms with Crippen LogP contribution in [0.4, 0.5) is 0 Å². The van der Waals surface area contributed by atoms with Gasteiger partial charge in [-0.2, -0.15) is 0 Å². The number of aromatic nitrogens is 1. The normalized spacial score (nSPS) is 27.9. The number of thiazole rings is 1. The van der Waals surface area contributed by atoms with E-state index in [1.165, 1.54) is 11.3 Å². The number of rotatable bonds is 2. The van der Waals surface area contributed by atoms with Crippen molar-refractivity contribution in [3.05, 3.63) is 16.1 Å². The summed E-state index contributed by atoms with van der Waals surface area (Å²) in [5.74, 6) is 0.476. The molecule has 1 aromatic rings. The first-order valence-corrected chi connectivity index (χ1v) is 5.87. The first-order chi connectivity index (χ1) is 6.81. The lowest BCUT2D eigenvalue weighted by Crippen LogP contribution is -2.28. The fourth-order valence-corrected chi connectivity index (χ4v) is 2.84. The van der Waals surface area contributed by atoms with Crippen LogP contribution >= 0.6 is 11.3 Å². The number of hydrogen-bond donors (Lipinski definition) is 1. The standard InChI is InChI=1S/C10H16N2OS/c1-7-12-6-9(14-7)10-8(5-11)3-2-4-13-10/h6,8,10H,2-5,11H2,1H3. The van der Waals surface area contributed by atoms with Gasteiger partial charge >= 0.3 is 0 Å². The van der Waals surface area contributed by atoms with Crippen LogP contribution in [0.3, 0.4) is 0 Å². The second-order valence-corrected chi connectivity index (χ2v) is 4.98. The van der Waals surface area contributed by atoms with Crippen LogP contribution in [0.15, 0.2) is 6.20 Å². The van der Waals surface area contributed by atoms with E-state index in [9.17, 15) is 0 Å². The molecule has 0 saturated carbocycles. The number of hydrogen-bond acceptors (Lipinski definition) is 4. The Hall–Kier alpha value is -0.450. The fraction of sp³-hybridized carbons (Fsp3) is 0.700. The average molecular weight is 212 g/mol. The van der Waals surface area contributed by atoms with Crippen LogP contribution < -0.4 is 5.73 Å². The van der Waals surface area contributed by atoms with Crippen LogP contribution in [-0.2, 0) is 4.74 Å². The number of nitrogens with two attached hydrogens (primary N) is 1. The Morgan fingerprint density at radius 1 is 1.71 bits per heavy atom. The molecule has 2 rings (SSSR count). The second-order valence-electron chi connectivity index (χ2n) is 3.71. The summed E-state index contributed by atoms with van der Waals surface area (Å²) in [5.41, 5.74) is 5.74. The first-order valence-electron chi connectivity index (χ1n) is 5.05. The van der Waals surface area contributed by atoms with Gasteiger partial charge < -0.3 is 10.5 Å². The van der Waals surface area contributed by atoms with Crippen molar-refractivity contribution in [2.45, 2.75) is 25.9 Å². The van der Waals surface area contributed by atoms with Crippen molar-refractivity contribution >= 4 is 11.3 Å². The maximum atomic E-state index is 5.77. The molecule has 0 bridgehead atoms. The largest absolute Gasteiger partial charge is 0.372 e. The van der Waals surface area contributed by atoms with Crippen LogP contribution in [0.25, 0.3) is 0 Å². The summed E-state index contributed by atoms with van der Waals surface area (Å²) >= 11 is 1.72. The summed E-state index contributed by atoms with van der Waals surface area (Å²) in [6.07, 6.45) is 4.44. The Kier molecular flexibility index (Phi) is 3.15. The van der Waals surface area contributed by atoms with Gasteiger partial charge in [-0.15, -0.1) is 11.3 Å². The topological polar surface area (TPSA) is 48.1 Å². The Labute approximate surface area is 88.3 Å². The fourth-order valence-electron chi connectivity index (χ4n) is 1.91. The molecule has 3 nitrogen and oxygen atoms in total. The minimum atomic E-state index is 0.194. The van der Waals surface area contributed by atoms with Crippen molar-refractivity contribution in [1.29, 1.82) is 0 Å². The van der Waals surface area contributed by atoms with Crippen molar-refractivity contribution in [2.75, 3.05) is 13.2 Å². The summed E-state index contributed by atoms with van der Waals surface area (Å²) < 4.78 is 5.77. The number of ether oxygens (including phenoxy) is 1. The van der Waals surface area contributed by atoms with Crippen molar-refractivity contribution in [3.63, 3.8) is 0 Å². The smallest absolute Gasteiger partial charge is 0.0972 e. The number of nitrogens with zero attached hydrogens (tertiary/aromatic N) is 1. The summed E-state index contributed by atoms with van der Waals surface area (Å²) in [7, 11) is 0. The van der Waals surface area contributed by atoms with E-state index in [0.29, 0.717) is 12.5 Å². The summed E-state index contributed by atoms with van der Waals surface area (Å²) in [6, 6.07) is 0. The zero-order valence-corrected chi connectivity index (χ0v) is 9.22. The predicted octanol–water partition coefficient (Wildman–Crippen LogP) is 1.88. The predicted molar refractivity (Wildman–Crippen MR) is 57.3 cm³/mol. The number of aryl methyl sites for hydroxylation is 1. The molecular formula is C10H16N2OS. The van der Waals surface area contributed by atoms with Gasteiger partial charge in [-0.1, -0.05) is 0 Å². The van der Waals surface area contributed by atoms with E-state index in [4.69, 9.17) is 10.5 Å². The van der Waals surface area contributed by atoms with Gasteiger partial charge in [0.1, 0.15) is 0 Å². The molecule has 1 fully saturated rings. The molecule has 0 spiro atoms. The van der Waals surface area contributed by atoms with Gasteiger partial charge in [0.05, 0.1) is 16.0 Å². The summed E-state index contributed by atoms with van der Waals surface area (Å²) in [6.45, 7) is 3.59. The minimum absolute atomic E-state index is 0.194. The van der Waals surface area contributed by atoms with E-state index in [0.717, 1.165) is 18.0 Å². The maximum absolute atomic E-state index is 5.77. The van der Waals surface area contributed by atoms with Crippen LogP contribution in [0.1, 0.15) is 28.8 Å². The van der Waals surface area contributed by atoms with Crippen molar-refractivity contribution in [3.8, 4) is 0 Å². The molecule has 2 atom stereocenters. The third-order valence-electron chi connectivity index (χ3n) is 2.67. The van der Waals surface area contributed by atoms with E-state index in [2.05, 4.69) is 4.98 Å². The highest BCUT2D eigenvalue weighted by Crippen LogP contribution is 2.35. The van der Waals surface area contributed by atoms with Gasteiger partial charge in [0, 0.05) is 18.7 Å². The zero-order valence-electron chi connectivity index (χ0n) is 8.40. The van der Waals surface area contributed by atoms with Crippen molar-refractivity contribution in [2.24, 2.45) is 11.7 Å². The van der Waals surface area contributed by atoms with E-state index >= 15 is 0 Å². The van der Waals surface area contributed by atoms with E-state index in [1.807, 2.05) is 13.1 Å². The average Bonchev–Trinajstić information content (AvgIpc) is 2.65. The van der Waals surface area contributed by atoms with Crippen molar-refractivity contribution in [1.82, 2.24) is 4.98 Å². The monoisotopic (exact) mass is 212 g/mol. The molecule has 0 radical (unpaired) electrons. The molecule has 0 aliphatic carbocycles. The van der Waals surface area contributed by atoms with Crippen LogP contribution in [0.5, 0.6) is 0 Å². The van der Waals surface area contributed by atoms with Gasteiger partial charge in [-0.05, 0) is 26.3 Å². The van der Waals surface area contributed by atoms with Gasteiger partial charge in [-0.25, -0.2) is 4.98 Å². The second kappa shape index (κ2) is 4.38. The molecule has 2 heterocycles. The molecule has 0 amide bonds. The quantitative estimate of drug-likeness (QED) is 0.814. The van der Waals surface area contributed by atoms with Gasteiger partial charge in [0.2, 0.25) is 0 Å². The van der Waals surface area contributed by atoms with Gasteiger partial charge in [0.15, 0.2) is 0 Å². The Morgan fingerprint density at radius 2 is 2.57 bits per heavy atom. The van der Waals surface area contributed by atoms with Crippen LogP contribution in [-0.4, -0.2) is 18.1 Å². The Bertz CT molecular complexity index is 300. The van der Waals surface area contributed by atoms with Crippen molar-refractivity contribution < 1.29 is 4.74 Å². The lowest BCUT2D eigenvalue weighted by Gasteiger charge is -2.29. The molecule has 1 aliphatic rings. The Morgan fingerprint density at radius 3 is 3.21 bits per heavy atom. The third-order valence-corrected chi connectivity index (χ3v) is 3.64. The molecule has 1 aromatic heterocycles. The van der Waals surface area contributed by atoms with Gasteiger partial charge in [0.25, 0.3) is 0 Å². The van der Waals surface area contributed by atoms with Crippen LogP contribution in [0, 0.1) is 12.8 Å². The molecule has 1 saturated heterocycles. The molecule has 78 valence electrons. The van der Waals surface area contributed by atoms with E-state index in [1.54, 1.807) is 11.3 Å². The Balaban J connectivity index is 2.14. The maximum Gasteiger partial charge on any atom is 0.0972 e. The molecule has 2 N–H and O–H groups in total. The molecule has 0 aromatic carbocycles. The molecular weight excluding hydrogens is 196 g/mol. The first kappa shape index (κ1) is 10.1. The molecule has 1 aliphatic heterocycles. The summed E-state index contributed by atoms with van der Waals surface area (Å²) in [4.78, 5) is 5.49. The third kappa shape index (κ3) is 1.97. The molecule has 2 unspecified atom stereocenters. The highest BCUT2D eigenvalue weighted by atomic mass is 32.1. The molecule has 4 heteroatoms. The van der Waals surface area contributed by atoms with Gasteiger partial charge in [-0.3, -0.25) is 0 Å². The van der Waals surface area contributed by atoms with E-state index < -0.39 is 0 Å². The minimum Gasteiger partial charge on any atom is -0.372 e. The highest BCUT2D eigenvalue weighted by molar-refractivity contribution is 7.11. The summed E-state index contributed by atoms with van der Waals surface area (Å²) in [5, 5.41) is 1.10. The SMILES string of the molecule is Cc1ncc(C2OCCCC2CN)s1. The molecule has 14 heavy (non-hydrogen) atoms. The van der Waals surface area contributed by atoms with Crippen LogP contribution in [0.2, 0.25) is 0 Å². The lowest BCUT2D eigenvalue weighted by atomic mass is 9.94. The zero-order chi connectivity index (χ0) is 9.97. The highest BCUT2D eigenvalue weighted by Gasteiger charge is 2.27. The lowest BCUT2D eigenvalue weighted by molar-refractivity contribution is -0.0231.